The molecule has 2 atom stereocenters. The molecule has 0 spiro atoms. The first-order chi connectivity index (χ1) is 18.3. The van der Waals surface area contributed by atoms with Gasteiger partial charge in [-0.3, -0.25) is 10.2 Å². The SMILES string of the molecule is O=C(Nc1ccnc(O[C@@H]2CCOC2)n1)N1c2nc(-c3cccc(C(F)(F)F)c3)c(Cl)cc2N2CCC1C2. The number of urea groups is 1. The molecule has 2 bridgehead atoms. The Morgan fingerprint density at radius 2 is 2.05 bits per heavy atom. The Labute approximate surface area is 220 Å². The van der Waals surface area contributed by atoms with Gasteiger partial charge in [-0.2, -0.15) is 18.2 Å². The molecule has 6 rings (SSSR count). The maximum absolute atomic E-state index is 13.5. The molecule has 2 fully saturated rings. The fourth-order valence-corrected chi connectivity index (χ4v) is 5.18. The van der Waals surface area contributed by atoms with Crippen molar-refractivity contribution < 1.29 is 27.4 Å². The summed E-state index contributed by atoms with van der Waals surface area (Å²) in [5.74, 6) is 0.564. The Morgan fingerprint density at radius 1 is 1.18 bits per heavy atom. The number of nitrogens with one attached hydrogen (secondary N) is 1. The van der Waals surface area contributed by atoms with Crippen molar-refractivity contribution in [2.24, 2.45) is 0 Å². The maximum atomic E-state index is 13.5. The molecule has 13 heteroatoms. The molecule has 1 unspecified atom stereocenters. The molecule has 1 aromatic carbocycles. The Balaban J connectivity index is 1.32. The number of hydrogen-bond acceptors (Lipinski definition) is 7. The summed E-state index contributed by atoms with van der Waals surface area (Å²) in [5, 5.41) is 2.98. The lowest BCUT2D eigenvalue weighted by atomic mass is 10.1. The number of anilines is 3. The normalized spacial score (nSPS) is 20.4. The maximum Gasteiger partial charge on any atom is 0.416 e. The predicted molar refractivity (Wildman–Crippen MR) is 134 cm³/mol. The van der Waals surface area contributed by atoms with Gasteiger partial charge in [0.05, 0.1) is 41.2 Å². The van der Waals surface area contributed by atoms with Crippen molar-refractivity contribution in [2.45, 2.75) is 31.2 Å². The Morgan fingerprint density at radius 3 is 2.84 bits per heavy atom. The van der Waals surface area contributed by atoms with Crippen molar-refractivity contribution >= 4 is 35.0 Å². The molecular weight excluding hydrogens is 525 g/mol. The van der Waals surface area contributed by atoms with E-state index >= 15 is 0 Å². The number of benzene rings is 1. The summed E-state index contributed by atoms with van der Waals surface area (Å²) in [4.78, 5) is 30.2. The van der Waals surface area contributed by atoms with E-state index in [4.69, 9.17) is 21.1 Å². The number of ether oxygens (including phenoxy) is 2. The van der Waals surface area contributed by atoms with Gasteiger partial charge in [0.1, 0.15) is 11.9 Å². The highest BCUT2D eigenvalue weighted by Gasteiger charge is 2.41. The predicted octanol–water partition coefficient (Wildman–Crippen LogP) is 5.01. The van der Waals surface area contributed by atoms with Crippen molar-refractivity contribution in [3.05, 3.63) is 53.2 Å². The molecule has 0 radical (unpaired) electrons. The molecule has 3 aliphatic heterocycles. The first-order valence-electron chi connectivity index (χ1n) is 12.1. The number of nitrogens with zero attached hydrogens (tertiary/aromatic N) is 5. The van der Waals surface area contributed by atoms with E-state index in [2.05, 4.69) is 25.2 Å². The lowest BCUT2D eigenvalue weighted by Gasteiger charge is -2.36. The molecule has 2 amide bonds. The van der Waals surface area contributed by atoms with Gasteiger partial charge in [0, 0.05) is 31.3 Å². The molecule has 0 saturated carbocycles. The molecule has 3 aromatic rings. The number of rotatable bonds is 4. The highest BCUT2D eigenvalue weighted by molar-refractivity contribution is 6.33. The molecule has 198 valence electrons. The van der Waals surface area contributed by atoms with Gasteiger partial charge in [0.2, 0.25) is 0 Å². The van der Waals surface area contributed by atoms with E-state index in [9.17, 15) is 18.0 Å². The molecular formula is C25H22ClF3N6O3. The van der Waals surface area contributed by atoms with Gasteiger partial charge >= 0.3 is 18.2 Å². The summed E-state index contributed by atoms with van der Waals surface area (Å²) in [7, 11) is 0. The van der Waals surface area contributed by atoms with Crippen LogP contribution in [-0.4, -0.2) is 59.4 Å². The van der Waals surface area contributed by atoms with Crippen LogP contribution in [0.1, 0.15) is 18.4 Å². The highest BCUT2D eigenvalue weighted by atomic mass is 35.5. The number of pyridine rings is 1. The second kappa shape index (κ2) is 9.59. The van der Waals surface area contributed by atoms with Crippen LogP contribution in [0.25, 0.3) is 11.3 Å². The van der Waals surface area contributed by atoms with Crippen LogP contribution in [0.4, 0.5) is 35.3 Å². The molecule has 0 aliphatic carbocycles. The van der Waals surface area contributed by atoms with Crippen LogP contribution < -0.4 is 19.9 Å². The number of carbonyl (C=O) groups excluding carboxylic acids is 1. The van der Waals surface area contributed by atoms with E-state index < -0.39 is 17.8 Å². The zero-order valence-electron chi connectivity index (χ0n) is 19.9. The fourth-order valence-electron chi connectivity index (χ4n) is 4.92. The highest BCUT2D eigenvalue weighted by Crippen LogP contribution is 2.43. The number of fused-ring (bicyclic) bond motifs is 4. The summed E-state index contributed by atoms with van der Waals surface area (Å²) in [6.45, 7) is 2.33. The van der Waals surface area contributed by atoms with Crippen molar-refractivity contribution in [1.82, 2.24) is 15.0 Å². The van der Waals surface area contributed by atoms with Crippen LogP contribution >= 0.6 is 11.6 Å². The van der Waals surface area contributed by atoms with Gasteiger partial charge in [0.15, 0.2) is 5.82 Å². The van der Waals surface area contributed by atoms with E-state index in [0.29, 0.717) is 44.2 Å². The first kappa shape index (κ1) is 24.7. The zero-order chi connectivity index (χ0) is 26.4. The second-order valence-electron chi connectivity index (χ2n) is 9.26. The second-order valence-corrected chi connectivity index (χ2v) is 9.66. The average molecular weight is 547 g/mol. The zero-order valence-corrected chi connectivity index (χ0v) is 20.7. The van der Waals surface area contributed by atoms with E-state index in [-0.39, 0.29) is 40.3 Å². The van der Waals surface area contributed by atoms with Crippen molar-refractivity contribution in [1.29, 1.82) is 0 Å². The van der Waals surface area contributed by atoms with Gasteiger partial charge < -0.3 is 14.4 Å². The summed E-state index contributed by atoms with van der Waals surface area (Å²) in [6.07, 6.45) is -1.76. The lowest BCUT2D eigenvalue weighted by Crippen LogP contribution is -2.48. The lowest BCUT2D eigenvalue weighted by molar-refractivity contribution is -0.137. The van der Waals surface area contributed by atoms with Gasteiger partial charge in [-0.1, -0.05) is 23.7 Å². The number of hydrogen-bond donors (Lipinski definition) is 1. The van der Waals surface area contributed by atoms with Crippen molar-refractivity contribution in [2.75, 3.05) is 41.4 Å². The molecule has 3 aliphatic rings. The molecule has 2 aromatic heterocycles. The largest absolute Gasteiger partial charge is 0.458 e. The quantitative estimate of drug-likeness (QED) is 0.492. The molecule has 5 heterocycles. The molecule has 9 nitrogen and oxygen atoms in total. The molecule has 2 saturated heterocycles. The van der Waals surface area contributed by atoms with Crippen LogP contribution in [0, 0.1) is 0 Å². The third-order valence-electron chi connectivity index (χ3n) is 6.74. The van der Waals surface area contributed by atoms with E-state index in [1.807, 2.05) is 0 Å². The summed E-state index contributed by atoms with van der Waals surface area (Å²) in [5.41, 5.74) is 0.195. The van der Waals surface area contributed by atoms with Gasteiger partial charge in [-0.05, 0) is 30.7 Å². The number of amides is 2. The van der Waals surface area contributed by atoms with Gasteiger partial charge in [0.25, 0.3) is 0 Å². The van der Waals surface area contributed by atoms with Crippen LogP contribution in [-0.2, 0) is 10.9 Å². The monoisotopic (exact) mass is 546 g/mol. The number of halogens is 4. The fraction of sp³-hybridized carbons (Fsp3) is 0.360. The third-order valence-corrected chi connectivity index (χ3v) is 7.03. The van der Waals surface area contributed by atoms with E-state index in [1.54, 1.807) is 12.1 Å². The topological polar surface area (TPSA) is 92.7 Å². The van der Waals surface area contributed by atoms with Crippen LogP contribution in [0.15, 0.2) is 42.6 Å². The minimum atomic E-state index is -4.52. The minimum Gasteiger partial charge on any atom is -0.458 e. The van der Waals surface area contributed by atoms with Crippen molar-refractivity contribution in [3.8, 4) is 17.3 Å². The van der Waals surface area contributed by atoms with Crippen molar-refractivity contribution in [3.63, 3.8) is 0 Å². The van der Waals surface area contributed by atoms with Gasteiger partial charge in [-0.15, -0.1) is 0 Å². The summed E-state index contributed by atoms with van der Waals surface area (Å²) < 4.78 is 51.1. The first-order valence-corrected chi connectivity index (χ1v) is 12.4. The van der Waals surface area contributed by atoms with Crippen LogP contribution in [0.5, 0.6) is 6.01 Å². The third kappa shape index (κ3) is 4.69. The molecule has 38 heavy (non-hydrogen) atoms. The average Bonchev–Trinajstić information content (AvgIpc) is 3.55. The van der Waals surface area contributed by atoms with E-state index in [1.165, 1.54) is 23.2 Å². The number of aromatic nitrogens is 3. The van der Waals surface area contributed by atoms with Gasteiger partial charge in [-0.25, -0.2) is 14.8 Å². The summed E-state index contributed by atoms with van der Waals surface area (Å²) in [6, 6.07) is 7.47. The summed E-state index contributed by atoms with van der Waals surface area (Å²) >= 11 is 6.51. The Hall–Kier alpha value is -3.64. The number of carbonyl (C=O) groups is 1. The van der Waals surface area contributed by atoms with Crippen LogP contribution in [0.3, 0.4) is 0 Å². The molecule has 1 N–H and O–H groups in total. The van der Waals surface area contributed by atoms with Crippen LogP contribution in [0.2, 0.25) is 5.02 Å². The van der Waals surface area contributed by atoms with E-state index in [0.717, 1.165) is 18.6 Å². The minimum absolute atomic E-state index is 0.126. The standard InChI is InChI=1S/C25H22ClF3N6O3/c26-18-11-19-22(33-21(18)14-2-1-3-15(10-14)25(27,28)29)35(16-5-8-34(19)12-16)24(36)32-20-4-7-30-23(31-20)38-17-6-9-37-13-17/h1-4,7,10-11,16-17H,5-6,8-9,12-13H2,(H,30,31,32,36)/t16?,17-/m1/s1. The Bertz CT molecular complexity index is 1380. The smallest absolute Gasteiger partial charge is 0.416 e. The Kier molecular flexibility index (Phi) is 6.23. The number of alkyl halides is 3.